The Hall–Kier alpha value is 1.37. The Morgan fingerprint density at radius 3 is 2.14 bits per heavy atom. The second-order valence-electron chi connectivity index (χ2n) is 3.06. The maximum absolute atomic E-state index is 11.9. The van der Waals surface area contributed by atoms with Gasteiger partial charge in [-0.05, 0) is 86.3 Å². The molecule has 0 N–H and O–H groups in total. The molecule has 0 aliphatic carbocycles. The highest BCUT2D eigenvalue weighted by molar-refractivity contribution is 14.1. The molecule has 0 saturated heterocycles. The molecule has 0 amide bonds. The van der Waals surface area contributed by atoms with E-state index >= 15 is 0 Å². The first-order valence-electron chi connectivity index (χ1n) is 4.36. The molecule has 1 atom stereocenters. The molecule has 0 aliphatic rings. The quantitative estimate of drug-likeness (QED) is 0.506. The summed E-state index contributed by atoms with van der Waals surface area (Å²) in [5.41, 5.74) is 0.980. The second kappa shape index (κ2) is 6.19. The summed E-state index contributed by atoms with van der Waals surface area (Å²) in [6.45, 7) is 2.05. The van der Waals surface area contributed by atoms with Gasteiger partial charge in [0.05, 0.1) is 0 Å². The lowest BCUT2D eigenvalue weighted by Crippen LogP contribution is -2.01. The molecular weight excluding hydrogens is 517 g/mol. The van der Waals surface area contributed by atoms with E-state index in [0.717, 1.165) is 25.5 Å². The number of hydrogen-bond acceptors (Lipinski definition) is 0. The van der Waals surface area contributed by atoms with E-state index in [4.69, 9.17) is 0 Å². The van der Waals surface area contributed by atoms with Crippen molar-refractivity contribution in [2.24, 2.45) is 0 Å². The fraction of sp³-hybridized carbons (Fsp3) is 0.400. The average Bonchev–Trinajstić information content (AvgIpc) is 2.01. The fourth-order valence-corrected chi connectivity index (χ4v) is 5.54. The molecule has 0 heterocycles. The minimum Gasteiger partial charge on any atom is -0.228 e. The first kappa shape index (κ1) is 13.4. The highest BCUT2D eigenvalue weighted by atomic mass is 127. The Bertz CT molecular complexity index is 302. The summed E-state index contributed by atoms with van der Waals surface area (Å²) in [5.74, 6) is 0. The third-order valence-corrected chi connectivity index (χ3v) is 4.32. The lowest BCUT2D eigenvalue weighted by atomic mass is 10.1. The molecule has 0 aliphatic heterocycles. The van der Waals surface area contributed by atoms with Crippen LogP contribution in [0.1, 0.15) is 31.4 Å². The van der Waals surface area contributed by atoms with Gasteiger partial charge in [0, 0.05) is 16.3 Å². The smallest absolute Gasteiger partial charge is 0.120 e. The van der Waals surface area contributed by atoms with E-state index in [-0.39, 0.29) is 0 Å². The Balaban J connectivity index is 3.07. The van der Waals surface area contributed by atoms with Crippen molar-refractivity contribution in [3.8, 4) is 0 Å². The third kappa shape index (κ3) is 3.44. The normalized spacial score (nSPS) is 12.9. The highest BCUT2D eigenvalue weighted by Gasteiger charge is 2.16. The van der Waals surface area contributed by atoms with Gasteiger partial charge in [-0.1, -0.05) is 13.3 Å². The number of benzene rings is 1. The van der Waals surface area contributed by atoms with Crippen LogP contribution >= 0.6 is 67.8 Å². The SMILES string of the molecule is CCCC([O])c1c(I)cc(I)cc1I. The molecule has 0 saturated carbocycles. The van der Waals surface area contributed by atoms with Gasteiger partial charge in [0.25, 0.3) is 0 Å². The van der Waals surface area contributed by atoms with E-state index in [1.807, 2.05) is 0 Å². The van der Waals surface area contributed by atoms with Crippen molar-refractivity contribution in [1.82, 2.24) is 0 Å². The Kier molecular flexibility index (Phi) is 5.94. The average molecular weight is 527 g/mol. The van der Waals surface area contributed by atoms with Gasteiger partial charge in [0.1, 0.15) is 6.10 Å². The molecule has 1 radical (unpaired) electrons. The van der Waals surface area contributed by atoms with Crippen LogP contribution in [-0.4, -0.2) is 0 Å². The molecule has 14 heavy (non-hydrogen) atoms. The molecule has 1 rings (SSSR count). The van der Waals surface area contributed by atoms with Crippen molar-refractivity contribution in [1.29, 1.82) is 0 Å². The zero-order chi connectivity index (χ0) is 10.7. The predicted octanol–water partition coefficient (Wildman–Crippen LogP) is 4.77. The van der Waals surface area contributed by atoms with Gasteiger partial charge >= 0.3 is 0 Å². The maximum atomic E-state index is 11.9. The summed E-state index contributed by atoms with van der Waals surface area (Å²) in [6, 6.07) is 4.14. The summed E-state index contributed by atoms with van der Waals surface area (Å²) in [7, 11) is 0. The Labute approximate surface area is 125 Å². The van der Waals surface area contributed by atoms with Gasteiger partial charge in [-0.25, -0.2) is 5.11 Å². The van der Waals surface area contributed by atoms with Gasteiger partial charge in [0.2, 0.25) is 0 Å². The number of hydrogen-bond donors (Lipinski definition) is 0. The lowest BCUT2D eigenvalue weighted by Gasteiger charge is -2.12. The van der Waals surface area contributed by atoms with Gasteiger partial charge in [-0.15, -0.1) is 0 Å². The standard InChI is InChI=1S/C10H10I3O/c1-2-3-9(14)10-7(12)4-6(11)5-8(10)13/h4-5,9H,2-3H2,1H3. The lowest BCUT2D eigenvalue weighted by molar-refractivity contribution is 0.0791. The minimum absolute atomic E-state index is 0.559. The molecule has 0 aromatic heterocycles. The van der Waals surface area contributed by atoms with Crippen LogP contribution in [0.25, 0.3) is 0 Å². The van der Waals surface area contributed by atoms with Crippen LogP contribution in [0, 0.1) is 10.7 Å². The van der Waals surface area contributed by atoms with E-state index in [9.17, 15) is 5.11 Å². The highest BCUT2D eigenvalue weighted by Crippen LogP contribution is 2.30. The topological polar surface area (TPSA) is 19.9 Å². The summed E-state index contributed by atoms with van der Waals surface area (Å²) in [5, 5.41) is 11.9. The van der Waals surface area contributed by atoms with Crippen LogP contribution in [0.15, 0.2) is 12.1 Å². The number of halogens is 3. The third-order valence-electron chi connectivity index (χ3n) is 1.92. The van der Waals surface area contributed by atoms with Crippen LogP contribution in [0.5, 0.6) is 0 Å². The van der Waals surface area contributed by atoms with Crippen molar-refractivity contribution in [3.05, 3.63) is 28.4 Å². The molecule has 0 spiro atoms. The van der Waals surface area contributed by atoms with E-state index in [2.05, 4.69) is 86.8 Å². The van der Waals surface area contributed by atoms with Crippen molar-refractivity contribution in [2.45, 2.75) is 25.9 Å². The molecule has 0 fully saturated rings. The molecule has 1 nitrogen and oxygen atoms in total. The van der Waals surface area contributed by atoms with E-state index in [1.54, 1.807) is 0 Å². The van der Waals surface area contributed by atoms with Crippen molar-refractivity contribution >= 4 is 67.8 Å². The van der Waals surface area contributed by atoms with Gasteiger partial charge < -0.3 is 0 Å². The number of rotatable bonds is 3. The Morgan fingerprint density at radius 2 is 1.71 bits per heavy atom. The van der Waals surface area contributed by atoms with Crippen LogP contribution in [0.4, 0.5) is 0 Å². The molecule has 4 heteroatoms. The Morgan fingerprint density at radius 1 is 1.21 bits per heavy atom. The van der Waals surface area contributed by atoms with Crippen molar-refractivity contribution < 1.29 is 5.11 Å². The summed E-state index contributed by atoms with van der Waals surface area (Å²) >= 11 is 6.79. The first-order valence-corrected chi connectivity index (χ1v) is 7.60. The first-order chi connectivity index (χ1) is 6.56. The monoisotopic (exact) mass is 527 g/mol. The van der Waals surface area contributed by atoms with Gasteiger partial charge in [0.15, 0.2) is 0 Å². The van der Waals surface area contributed by atoms with Crippen LogP contribution in [-0.2, 0) is 5.11 Å². The van der Waals surface area contributed by atoms with Gasteiger partial charge in [-0.3, -0.25) is 0 Å². The van der Waals surface area contributed by atoms with E-state index < -0.39 is 6.10 Å². The van der Waals surface area contributed by atoms with E-state index in [1.165, 1.54) is 3.57 Å². The zero-order valence-corrected chi connectivity index (χ0v) is 14.2. The van der Waals surface area contributed by atoms with Gasteiger partial charge in [-0.2, -0.15) is 0 Å². The van der Waals surface area contributed by atoms with Crippen molar-refractivity contribution in [2.75, 3.05) is 0 Å². The summed E-state index contributed by atoms with van der Waals surface area (Å²) in [6.07, 6.45) is 1.12. The summed E-state index contributed by atoms with van der Waals surface area (Å²) < 4.78 is 3.41. The molecule has 1 unspecified atom stereocenters. The van der Waals surface area contributed by atoms with Crippen LogP contribution < -0.4 is 0 Å². The minimum atomic E-state index is -0.559. The molecule has 1 aromatic rings. The molecular formula is C10H10I3O. The second-order valence-corrected chi connectivity index (χ2v) is 6.63. The maximum Gasteiger partial charge on any atom is 0.120 e. The molecule has 0 bridgehead atoms. The van der Waals surface area contributed by atoms with Crippen LogP contribution in [0.3, 0.4) is 0 Å². The van der Waals surface area contributed by atoms with Crippen molar-refractivity contribution in [3.63, 3.8) is 0 Å². The molecule has 1 aromatic carbocycles. The molecule has 77 valence electrons. The zero-order valence-electron chi connectivity index (χ0n) is 7.69. The predicted molar refractivity (Wildman–Crippen MR) is 82.9 cm³/mol. The van der Waals surface area contributed by atoms with E-state index in [0.29, 0.717) is 0 Å². The largest absolute Gasteiger partial charge is 0.228 e. The fourth-order valence-electron chi connectivity index (χ4n) is 1.27. The summed E-state index contributed by atoms with van der Waals surface area (Å²) in [4.78, 5) is 0. The van der Waals surface area contributed by atoms with Crippen LogP contribution in [0.2, 0.25) is 0 Å².